The van der Waals surface area contributed by atoms with Crippen molar-refractivity contribution in [2.45, 2.75) is 26.4 Å². The van der Waals surface area contributed by atoms with E-state index in [9.17, 15) is 4.79 Å². The van der Waals surface area contributed by atoms with Crippen LogP contribution in [0.3, 0.4) is 0 Å². The Morgan fingerprint density at radius 1 is 1.69 bits per heavy atom. The number of fused-ring (bicyclic) bond motifs is 1. The molecule has 0 spiro atoms. The summed E-state index contributed by atoms with van der Waals surface area (Å²) >= 11 is 0. The quantitative estimate of drug-likeness (QED) is 0.652. The molecule has 0 bridgehead atoms. The van der Waals surface area contributed by atoms with E-state index < -0.39 is 6.50 Å². The van der Waals surface area contributed by atoms with Gasteiger partial charge in [0.25, 0.3) is 5.91 Å². The Hall–Kier alpha value is -1.38. The Morgan fingerprint density at radius 2 is 2.46 bits per heavy atom. The normalized spacial score (nSPS) is 21.5. The van der Waals surface area contributed by atoms with Crippen molar-refractivity contribution in [1.82, 2.24) is 9.88 Å². The average molecular weight is 178 g/mol. The SMILES string of the molecule is [2H]C1([2H])c2cccnc2C(=O)N1C(C)C. The molecule has 13 heavy (non-hydrogen) atoms. The monoisotopic (exact) mass is 178 g/mol. The molecular weight excluding hydrogens is 164 g/mol. The molecule has 3 heteroatoms. The molecule has 0 saturated heterocycles. The van der Waals surface area contributed by atoms with Gasteiger partial charge in [-0.05, 0) is 19.9 Å². The number of pyridine rings is 1. The van der Waals surface area contributed by atoms with Crippen molar-refractivity contribution in [2.75, 3.05) is 0 Å². The number of hydrogen-bond acceptors (Lipinski definition) is 2. The summed E-state index contributed by atoms with van der Waals surface area (Å²) in [5.41, 5.74) is 0.597. The summed E-state index contributed by atoms with van der Waals surface area (Å²) < 4.78 is 15.8. The summed E-state index contributed by atoms with van der Waals surface area (Å²) in [5, 5.41) is 0. The molecule has 1 aliphatic rings. The number of carbonyl (C=O) groups excluding carboxylic acids is 1. The van der Waals surface area contributed by atoms with E-state index in [0.717, 1.165) is 0 Å². The second-order valence-corrected chi connectivity index (χ2v) is 3.28. The van der Waals surface area contributed by atoms with Crippen LogP contribution in [0.25, 0.3) is 0 Å². The summed E-state index contributed by atoms with van der Waals surface area (Å²) in [5.74, 6) is -0.328. The predicted molar refractivity (Wildman–Crippen MR) is 49.2 cm³/mol. The van der Waals surface area contributed by atoms with E-state index in [1.807, 2.05) is 0 Å². The van der Waals surface area contributed by atoms with E-state index in [0.29, 0.717) is 5.56 Å². The minimum Gasteiger partial charge on any atom is -0.330 e. The summed E-state index contributed by atoms with van der Waals surface area (Å²) in [7, 11) is 0. The Bertz CT molecular complexity index is 418. The molecule has 0 saturated carbocycles. The maximum atomic E-state index is 11.9. The van der Waals surface area contributed by atoms with Crippen molar-refractivity contribution in [3.05, 3.63) is 29.6 Å². The van der Waals surface area contributed by atoms with Gasteiger partial charge in [0.1, 0.15) is 5.69 Å². The maximum absolute atomic E-state index is 11.9. The molecule has 0 radical (unpaired) electrons. The van der Waals surface area contributed by atoms with Gasteiger partial charge >= 0.3 is 0 Å². The molecule has 1 aromatic heterocycles. The molecule has 1 amide bonds. The van der Waals surface area contributed by atoms with Crippen LogP contribution in [0.1, 0.15) is 32.6 Å². The summed E-state index contributed by atoms with van der Waals surface area (Å²) in [4.78, 5) is 17.0. The molecule has 0 fully saturated rings. The number of rotatable bonds is 1. The number of nitrogens with zero attached hydrogens (tertiary/aromatic N) is 2. The topological polar surface area (TPSA) is 33.2 Å². The van der Waals surface area contributed by atoms with Crippen LogP contribution in [0.15, 0.2) is 18.3 Å². The smallest absolute Gasteiger partial charge is 0.273 e. The highest BCUT2D eigenvalue weighted by Gasteiger charge is 2.29. The van der Waals surface area contributed by atoms with Gasteiger partial charge in [-0.2, -0.15) is 0 Å². The van der Waals surface area contributed by atoms with E-state index in [1.165, 1.54) is 11.1 Å². The summed E-state index contributed by atoms with van der Waals surface area (Å²) in [6.45, 7) is 1.85. The van der Waals surface area contributed by atoms with Gasteiger partial charge in [-0.25, -0.2) is 0 Å². The molecule has 1 aliphatic heterocycles. The second-order valence-electron chi connectivity index (χ2n) is 3.28. The first-order chi connectivity index (χ1) is 6.96. The van der Waals surface area contributed by atoms with Crippen LogP contribution in [0.4, 0.5) is 0 Å². The van der Waals surface area contributed by atoms with Crippen molar-refractivity contribution in [3.8, 4) is 0 Å². The molecule has 0 unspecified atom stereocenters. The molecule has 0 N–H and O–H groups in total. The lowest BCUT2D eigenvalue weighted by Crippen LogP contribution is -2.31. The highest BCUT2D eigenvalue weighted by atomic mass is 16.2. The van der Waals surface area contributed by atoms with Crippen LogP contribution in [0.5, 0.6) is 0 Å². The highest BCUT2D eigenvalue weighted by molar-refractivity contribution is 5.96. The first-order valence-electron chi connectivity index (χ1n) is 5.25. The third-order valence-electron chi connectivity index (χ3n) is 1.99. The third-order valence-corrected chi connectivity index (χ3v) is 1.99. The zero-order valence-electron chi connectivity index (χ0n) is 9.61. The van der Waals surface area contributed by atoms with Gasteiger partial charge in [-0.3, -0.25) is 9.78 Å². The number of aromatic nitrogens is 1. The van der Waals surface area contributed by atoms with E-state index >= 15 is 0 Å². The van der Waals surface area contributed by atoms with Crippen LogP contribution in [0.2, 0.25) is 0 Å². The molecule has 0 aliphatic carbocycles. The zero-order chi connectivity index (χ0) is 11.2. The zero-order valence-corrected chi connectivity index (χ0v) is 7.61. The van der Waals surface area contributed by atoms with Crippen LogP contribution < -0.4 is 0 Å². The Morgan fingerprint density at radius 3 is 3.08 bits per heavy atom. The number of carbonyl (C=O) groups is 1. The fourth-order valence-corrected chi connectivity index (χ4v) is 1.32. The lowest BCUT2D eigenvalue weighted by Gasteiger charge is -2.19. The highest BCUT2D eigenvalue weighted by Crippen LogP contribution is 2.21. The van der Waals surface area contributed by atoms with Crippen LogP contribution >= 0.6 is 0 Å². The van der Waals surface area contributed by atoms with Gasteiger partial charge < -0.3 is 4.90 Å². The minimum absolute atomic E-state index is 0.179. The van der Waals surface area contributed by atoms with Crippen molar-refractivity contribution >= 4 is 5.91 Å². The van der Waals surface area contributed by atoms with Gasteiger partial charge in [0.05, 0.1) is 2.74 Å². The Kier molecular flexibility index (Phi) is 1.34. The average Bonchev–Trinajstić information content (AvgIpc) is 2.36. The first kappa shape index (κ1) is 6.13. The van der Waals surface area contributed by atoms with Crippen molar-refractivity contribution in [3.63, 3.8) is 0 Å². The van der Waals surface area contributed by atoms with Gasteiger partial charge in [-0.15, -0.1) is 0 Å². The van der Waals surface area contributed by atoms with Gasteiger partial charge in [0.2, 0.25) is 0 Å². The standard InChI is InChI=1S/C10H12N2O/c1-7(2)12-6-8-4-3-5-11-9(8)10(12)13/h3-5,7H,6H2,1-2H3/i6D2. The molecular formula is C10H12N2O. The molecule has 0 aromatic carbocycles. The molecule has 68 valence electrons. The molecule has 1 aromatic rings. The molecule has 0 atom stereocenters. The largest absolute Gasteiger partial charge is 0.330 e. The molecule has 2 heterocycles. The molecule has 3 nitrogen and oxygen atoms in total. The Balaban J connectivity index is 2.60. The third kappa shape index (κ3) is 1.20. The van der Waals surface area contributed by atoms with Crippen LogP contribution in [0, 0.1) is 0 Å². The second kappa shape index (κ2) is 2.83. The van der Waals surface area contributed by atoms with Gasteiger partial charge in [0.15, 0.2) is 0 Å². The lowest BCUT2D eigenvalue weighted by atomic mass is 10.2. The van der Waals surface area contributed by atoms with E-state index in [2.05, 4.69) is 4.98 Å². The predicted octanol–water partition coefficient (Wildman–Crippen LogP) is 1.45. The fraction of sp³-hybridized carbons (Fsp3) is 0.400. The summed E-state index contributed by atoms with van der Waals surface area (Å²) in [6.07, 6.45) is 1.51. The van der Waals surface area contributed by atoms with Crippen molar-refractivity contribution in [1.29, 1.82) is 0 Å². The van der Waals surface area contributed by atoms with Crippen LogP contribution in [-0.4, -0.2) is 21.8 Å². The first-order valence-corrected chi connectivity index (χ1v) is 4.25. The van der Waals surface area contributed by atoms with Gasteiger partial charge in [-0.1, -0.05) is 6.07 Å². The minimum atomic E-state index is -1.74. The number of amides is 1. The molecule has 2 rings (SSSR count). The maximum Gasteiger partial charge on any atom is 0.273 e. The fourth-order valence-electron chi connectivity index (χ4n) is 1.32. The van der Waals surface area contributed by atoms with E-state index in [1.54, 1.807) is 26.0 Å². The van der Waals surface area contributed by atoms with E-state index in [-0.39, 0.29) is 17.6 Å². The Labute approximate surface area is 80.2 Å². The van der Waals surface area contributed by atoms with Crippen molar-refractivity contribution in [2.24, 2.45) is 0 Å². The van der Waals surface area contributed by atoms with Gasteiger partial charge in [0, 0.05) is 24.3 Å². The number of hydrogen-bond donors (Lipinski definition) is 0. The van der Waals surface area contributed by atoms with E-state index in [4.69, 9.17) is 2.74 Å². The van der Waals surface area contributed by atoms with Crippen molar-refractivity contribution < 1.29 is 7.54 Å². The van der Waals surface area contributed by atoms with Crippen LogP contribution in [-0.2, 0) is 6.50 Å². The lowest BCUT2D eigenvalue weighted by molar-refractivity contribution is 0.0726. The summed E-state index contributed by atoms with van der Waals surface area (Å²) in [6, 6.07) is 3.08.